The molecule has 0 heterocycles. The average Bonchev–Trinajstić information content (AvgIpc) is 2.49. The lowest BCUT2D eigenvalue weighted by Crippen LogP contribution is -2.03. The van der Waals surface area contributed by atoms with Crippen LogP contribution in [-0.2, 0) is 6.54 Å². The molecule has 2 aromatic rings. The zero-order valence-electron chi connectivity index (χ0n) is 12.3. The molecule has 6 heteroatoms. The molecule has 118 valence electrons. The lowest BCUT2D eigenvalue weighted by atomic mass is 10.2. The summed E-state index contributed by atoms with van der Waals surface area (Å²) in [6.07, 6.45) is 0. The predicted molar refractivity (Wildman–Crippen MR) is 93.0 cm³/mol. The van der Waals surface area contributed by atoms with Gasteiger partial charge in [0.05, 0.1) is 24.4 Å². The molecule has 0 aliphatic rings. The van der Waals surface area contributed by atoms with Crippen molar-refractivity contribution in [3.05, 3.63) is 51.0 Å². The average molecular weight is 361 g/mol. The largest absolute Gasteiger partial charge is 0.493 e. The third-order valence-corrected chi connectivity index (χ3v) is 3.93. The molecule has 2 aromatic carbocycles. The number of methoxy groups -OCH3 is 1. The van der Waals surface area contributed by atoms with Crippen LogP contribution in [0.15, 0.2) is 30.3 Å². The number of benzene rings is 2. The number of halogens is 3. The van der Waals surface area contributed by atoms with Crippen molar-refractivity contribution in [1.29, 1.82) is 0 Å². The Morgan fingerprint density at radius 1 is 1.00 bits per heavy atom. The van der Waals surface area contributed by atoms with Crippen molar-refractivity contribution in [2.75, 3.05) is 19.0 Å². The molecule has 2 rings (SSSR count). The molecule has 0 saturated heterocycles. The molecular weight excluding hydrogens is 345 g/mol. The van der Waals surface area contributed by atoms with Crippen molar-refractivity contribution in [2.45, 2.75) is 13.5 Å². The molecule has 0 aliphatic carbocycles. The SMILES string of the molecule is CCOc1cc(CNc2ccc(Cl)cc2Cl)c(Cl)cc1OC. The van der Waals surface area contributed by atoms with E-state index in [-0.39, 0.29) is 0 Å². The fourth-order valence-corrected chi connectivity index (χ4v) is 2.66. The third-order valence-electron chi connectivity index (χ3n) is 3.03. The van der Waals surface area contributed by atoms with Crippen molar-refractivity contribution < 1.29 is 9.47 Å². The van der Waals surface area contributed by atoms with Gasteiger partial charge in [-0.15, -0.1) is 0 Å². The van der Waals surface area contributed by atoms with Crippen molar-refractivity contribution in [3.63, 3.8) is 0 Å². The standard InChI is InChI=1S/C16H16Cl3NO2/c1-3-22-16-6-10(12(18)8-15(16)21-2)9-20-14-5-4-11(17)7-13(14)19/h4-8,20H,3,9H2,1-2H3. The van der Waals surface area contributed by atoms with Gasteiger partial charge in [0.2, 0.25) is 0 Å². The Balaban J connectivity index is 2.20. The van der Waals surface area contributed by atoms with Gasteiger partial charge >= 0.3 is 0 Å². The molecule has 0 atom stereocenters. The second-order valence-electron chi connectivity index (χ2n) is 4.51. The third kappa shape index (κ3) is 4.13. The maximum absolute atomic E-state index is 6.28. The van der Waals surface area contributed by atoms with E-state index >= 15 is 0 Å². The Morgan fingerprint density at radius 3 is 2.41 bits per heavy atom. The molecule has 0 radical (unpaired) electrons. The smallest absolute Gasteiger partial charge is 0.162 e. The van der Waals surface area contributed by atoms with E-state index in [1.807, 2.05) is 19.1 Å². The van der Waals surface area contributed by atoms with Crippen LogP contribution >= 0.6 is 34.8 Å². The summed E-state index contributed by atoms with van der Waals surface area (Å²) >= 11 is 18.3. The van der Waals surface area contributed by atoms with Crippen LogP contribution < -0.4 is 14.8 Å². The summed E-state index contributed by atoms with van der Waals surface area (Å²) in [5.74, 6) is 1.27. The Hall–Kier alpha value is -1.29. The minimum absolute atomic E-state index is 0.504. The van der Waals surface area contributed by atoms with E-state index in [0.29, 0.717) is 39.7 Å². The van der Waals surface area contributed by atoms with Gasteiger partial charge in [-0.2, -0.15) is 0 Å². The molecule has 0 saturated carbocycles. The first-order valence-electron chi connectivity index (χ1n) is 6.73. The van der Waals surface area contributed by atoms with Gasteiger partial charge in [-0.1, -0.05) is 34.8 Å². The van der Waals surface area contributed by atoms with E-state index in [1.165, 1.54) is 0 Å². The minimum Gasteiger partial charge on any atom is -0.493 e. The predicted octanol–water partition coefficient (Wildman–Crippen LogP) is 5.67. The van der Waals surface area contributed by atoms with Gasteiger partial charge in [-0.05, 0) is 36.8 Å². The van der Waals surface area contributed by atoms with Crippen LogP contribution in [0.1, 0.15) is 12.5 Å². The molecule has 0 bridgehead atoms. The number of rotatable bonds is 6. The van der Waals surface area contributed by atoms with E-state index in [9.17, 15) is 0 Å². The van der Waals surface area contributed by atoms with Gasteiger partial charge in [0.25, 0.3) is 0 Å². The molecule has 22 heavy (non-hydrogen) atoms. The van der Waals surface area contributed by atoms with Crippen molar-refractivity contribution in [3.8, 4) is 11.5 Å². The Labute approximate surface area is 145 Å². The highest BCUT2D eigenvalue weighted by atomic mass is 35.5. The van der Waals surface area contributed by atoms with Crippen LogP contribution in [0, 0.1) is 0 Å². The fraction of sp³-hybridized carbons (Fsp3) is 0.250. The lowest BCUT2D eigenvalue weighted by molar-refractivity contribution is 0.310. The number of hydrogen-bond acceptors (Lipinski definition) is 3. The van der Waals surface area contributed by atoms with Crippen molar-refractivity contribution >= 4 is 40.5 Å². The van der Waals surface area contributed by atoms with Crippen LogP contribution in [0.5, 0.6) is 11.5 Å². The molecule has 0 fully saturated rings. The molecule has 0 aromatic heterocycles. The highest BCUT2D eigenvalue weighted by molar-refractivity contribution is 6.36. The van der Waals surface area contributed by atoms with Crippen LogP contribution in [0.25, 0.3) is 0 Å². The van der Waals surface area contributed by atoms with E-state index in [4.69, 9.17) is 44.3 Å². The summed E-state index contributed by atoms with van der Waals surface area (Å²) in [6.45, 7) is 2.97. The van der Waals surface area contributed by atoms with Crippen LogP contribution in [0.2, 0.25) is 15.1 Å². The van der Waals surface area contributed by atoms with E-state index in [2.05, 4.69) is 5.32 Å². The second-order valence-corrected chi connectivity index (χ2v) is 5.76. The maximum Gasteiger partial charge on any atom is 0.162 e. The molecule has 1 N–H and O–H groups in total. The Morgan fingerprint density at radius 2 is 1.77 bits per heavy atom. The monoisotopic (exact) mass is 359 g/mol. The van der Waals surface area contributed by atoms with E-state index in [0.717, 1.165) is 11.3 Å². The minimum atomic E-state index is 0.504. The quantitative estimate of drug-likeness (QED) is 0.720. The first-order chi connectivity index (χ1) is 10.5. The van der Waals surface area contributed by atoms with Gasteiger partial charge < -0.3 is 14.8 Å². The van der Waals surface area contributed by atoms with Crippen LogP contribution in [0.3, 0.4) is 0 Å². The Bertz CT molecular complexity index is 662. The van der Waals surface area contributed by atoms with Crippen molar-refractivity contribution in [1.82, 2.24) is 0 Å². The molecular formula is C16H16Cl3NO2. The molecule has 0 aliphatic heterocycles. The molecule has 0 unspecified atom stereocenters. The van der Waals surface area contributed by atoms with Gasteiger partial charge in [0, 0.05) is 22.7 Å². The zero-order chi connectivity index (χ0) is 16.1. The van der Waals surface area contributed by atoms with Gasteiger partial charge in [0.1, 0.15) is 0 Å². The van der Waals surface area contributed by atoms with Gasteiger partial charge in [0.15, 0.2) is 11.5 Å². The van der Waals surface area contributed by atoms with Crippen LogP contribution in [0.4, 0.5) is 5.69 Å². The van der Waals surface area contributed by atoms with E-state index in [1.54, 1.807) is 25.3 Å². The fourth-order valence-electron chi connectivity index (χ4n) is 1.96. The van der Waals surface area contributed by atoms with Gasteiger partial charge in [-0.25, -0.2) is 0 Å². The van der Waals surface area contributed by atoms with Crippen molar-refractivity contribution in [2.24, 2.45) is 0 Å². The summed E-state index contributed by atoms with van der Waals surface area (Å²) in [5.41, 5.74) is 1.67. The van der Waals surface area contributed by atoms with E-state index < -0.39 is 0 Å². The number of hydrogen-bond donors (Lipinski definition) is 1. The zero-order valence-corrected chi connectivity index (χ0v) is 14.5. The summed E-state index contributed by atoms with van der Waals surface area (Å²) in [7, 11) is 1.58. The lowest BCUT2D eigenvalue weighted by Gasteiger charge is -2.14. The Kier molecular flexibility index (Phi) is 6.07. The molecule has 0 amide bonds. The summed E-state index contributed by atoms with van der Waals surface area (Å²) < 4.78 is 10.8. The number of nitrogens with one attached hydrogen (secondary N) is 1. The summed E-state index contributed by atoms with van der Waals surface area (Å²) in [6, 6.07) is 8.89. The number of anilines is 1. The highest BCUT2D eigenvalue weighted by Gasteiger charge is 2.11. The molecule has 3 nitrogen and oxygen atoms in total. The normalized spacial score (nSPS) is 10.4. The first kappa shape index (κ1) is 17.1. The second kappa shape index (κ2) is 7.82. The summed E-state index contributed by atoms with van der Waals surface area (Å²) in [4.78, 5) is 0. The maximum atomic E-state index is 6.28. The number of ether oxygens (including phenoxy) is 2. The van der Waals surface area contributed by atoms with Crippen LogP contribution in [-0.4, -0.2) is 13.7 Å². The first-order valence-corrected chi connectivity index (χ1v) is 7.86. The molecule has 0 spiro atoms. The summed E-state index contributed by atoms with van der Waals surface area (Å²) in [5, 5.41) is 4.98. The topological polar surface area (TPSA) is 30.5 Å². The van der Waals surface area contributed by atoms with Gasteiger partial charge in [-0.3, -0.25) is 0 Å². The highest BCUT2D eigenvalue weighted by Crippen LogP contribution is 2.34.